The van der Waals surface area contributed by atoms with Gasteiger partial charge in [-0.25, -0.2) is 9.67 Å². The van der Waals surface area contributed by atoms with Crippen molar-refractivity contribution in [3.8, 4) is 5.82 Å². The third-order valence-corrected chi connectivity index (χ3v) is 2.45. The van der Waals surface area contributed by atoms with Crippen molar-refractivity contribution in [3.05, 3.63) is 39.7 Å². The average Bonchev–Trinajstić information content (AvgIpc) is 2.64. The predicted molar refractivity (Wildman–Crippen MR) is 59.5 cm³/mol. The van der Waals surface area contributed by atoms with Gasteiger partial charge in [-0.05, 0) is 28.1 Å². The van der Waals surface area contributed by atoms with Crippen LogP contribution in [0.1, 0.15) is 10.4 Å². The molecule has 2 heterocycles. The van der Waals surface area contributed by atoms with Crippen LogP contribution < -0.4 is 0 Å². The first-order chi connectivity index (χ1) is 7.20. The van der Waals surface area contributed by atoms with Crippen molar-refractivity contribution in [2.75, 3.05) is 0 Å². The SMILES string of the molecule is O=Cc1cnc(-n2ccc(Br)n2)c(Cl)c1. The third-order valence-electron chi connectivity index (χ3n) is 1.75. The molecule has 4 nitrogen and oxygen atoms in total. The Hall–Kier alpha value is -1.20. The Morgan fingerprint density at radius 1 is 1.53 bits per heavy atom. The van der Waals surface area contributed by atoms with Gasteiger partial charge in [0.25, 0.3) is 0 Å². The van der Waals surface area contributed by atoms with Crippen LogP contribution in [0.4, 0.5) is 0 Å². The molecule has 2 aromatic heterocycles. The summed E-state index contributed by atoms with van der Waals surface area (Å²) in [4.78, 5) is 14.5. The van der Waals surface area contributed by atoms with Gasteiger partial charge in [0.1, 0.15) is 4.60 Å². The van der Waals surface area contributed by atoms with Crippen molar-refractivity contribution in [1.29, 1.82) is 0 Å². The van der Waals surface area contributed by atoms with E-state index < -0.39 is 0 Å². The first kappa shape index (κ1) is 10.3. The zero-order valence-corrected chi connectivity index (χ0v) is 9.73. The van der Waals surface area contributed by atoms with E-state index in [-0.39, 0.29) is 0 Å². The number of aldehydes is 1. The summed E-state index contributed by atoms with van der Waals surface area (Å²) < 4.78 is 2.22. The third kappa shape index (κ3) is 2.08. The van der Waals surface area contributed by atoms with E-state index in [1.807, 2.05) is 0 Å². The fourth-order valence-corrected chi connectivity index (χ4v) is 1.65. The number of halogens is 2. The summed E-state index contributed by atoms with van der Waals surface area (Å²) >= 11 is 9.18. The predicted octanol–water partition coefficient (Wildman–Crippen LogP) is 2.50. The standard InChI is InChI=1S/C9H5BrClN3O/c10-8-1-2-14(13-8)9-7(11)3-6(5-15)4-12-9/h1-5H. The molecule has 0 fully saturated rings. The monoisotopic (exact) mass is 285 g/mol. The number of carbonyl (C=O) groups is 1. The minimum atomic E-state index is 0.384. The molecule has 2 rings (SSSR count). The summed E-state index contributed by atoms with van der Waals surface area (Å²) in [5.41, 5.74) is 0.440. The van der Waals surface area contributed by atoms with Gasteiger partial charge in [0.15, 0.2) is 12.1 Å². The van der Waals surface area contributed by atoms with Crippen LogP contribution in [0.25, 0.3) is 5.82 Å². The molecule has 0 atom stereocenters. The molecule has 0 spiro atoms. The zero-order valence-electron chi connectivity index (χ0n) is 7.39. The maximum absolute atomic E-state index is 10.5. The maximum Gasteiger partial charge on any atom is 0.172 e. The van der Waals surface area contributed by atoms with Crippen molar-refractivity contribution in [2.24, 2.45) is 0 Å². The molecule has 2 aromatic rings. The van der Waals surface area contributed by atoms with Gasteiger partial charge in [-0.2, -0.15) is 5.10 Å². The van der Waals surface area contributed by atoms with E-state index in [1.165, 1.54) is 10.9 Å². The Morgan fingerprint density at radius 2 is 2.33 bits per heavy atom. The van der Waals surface area contributed by atoms with E-state index >= 15 is 0 Å². The molecule has 0 aliphatic heterocycles. The van der Waals surface area contributed by atoms with E-state index in [0.29, 0.717) is 27.3 Å². The van der Waals surface area contributed by atoms with Crippen LogP contribution in [0.5, 0.6) is 0 Å². The number of hydrogen-bond acceptors (Lipinski definition) is 3. The van der Waals surface area contributed by atoms with E-state index in [2.05, 4.69) is 26.0 Å². The van der Waals surface area contributed by atoms with Crippen LogP contribution in [0.15, 0.2) is 29.1 Å². The molecule has 0 aromatic carbocycles. The van der Waals surface area contributed by atoms with Crippen LogP contribution in [-0.4, -0.2) is 21.1 Å². The fourth-order valence-electron chi connectivity index (χ4n) is 1.10. The van der Waals surface area contributed by atoms with Crippen LogP contribution in [0.2, 0.25) is 5.02 Å². The lowest BCUT2D eigenvalue weighted by atomic mass is 10.3. The van der Waals surface area contributed by atoms with E-state index in [4.69, 9.17) is 11.6 Å². The second kappa shape index (κ2) is 4.12. The Balaban J connectivity index is 2.49. The molecule has 15 heavy (non-hydrogen) atoms. The lowest BCUT2D eigenvalue weighted by molar-refractivity contribution is 0.112. The van der Waals surface area contributed by atoms with Crippen molar-refractivity contribution in [2.45, 2.75) is 0 Å². The van der Waals surface area contributed by atoms with E-state index in [0.717, 1.165) is 0 Å². The van der Waals surface area contributed by atoms with Gasteiger partial charge in [0.2, 0.25) is 0 Å². The van der Waals surface area contributed by atoms with Crippen LogP contribution >= 0.6 is 27.5 Å². The Bertz CT molecular complexity index is 512. The highest BCUT2D eigenvalue weighted by Crippen LogP contribution is 2.19. The first-order valence-corrected chi connectivity index (χ1v) is 5.20. The van der Waals surface area contributed by atoms with Gasteiger partial charge in [-0.1, -0.05) is 11.6 Å². The van der Waals surface area contributed by atoms with Gasteiger partial charge in [0.05, 0.1) is 5.02 Å². The van der Waals surface area contributed by atoms with Crippen LogP contribution in [0, 0.1) is 0 Å². The number of nitrogens with zero attached hydrogens (tertiary/aromatic N) is 3. The number of carbonyl (C=O) groups excluding carboxylic acids is 1. The van der Waals surface area contributed by atoms with Gasteiger partial charge < -0.3 is 0 Å². The number of hydrogen-bond donors (Lipinski definition) is 0. The van der Waals surface area contributed by atoms with Crippen LogP contribution in [0.3, 0.4) is 0 Å². The van der Waals surface area contributed by atoms with Crippen LogP contribution in [-0.2, 0) is 0 Å². The highest BCUT2D eigenvalue weighted by molar-refractivity contribution is 9.10. The molecular formula is C9H5BrClN3O. The molecule has 0 bridgehead atoms. The van der Waals surface area contributed by atoms with Crippen molar-refractivity contribution in [1.82, 2.24) is 14.8 Å². The number of aromatic nitrogens is 3. The topological polar surface area (TPSA) is 47.8 Å². The number of rotatable bonds is 2. The fraction of sp³-hybridized carbons (Fsp3) is 0. The normalized spacial score (nSPS) is 10.3. The van der Waals surface area contributed by atoms with Gasteiger partial charge in [0, 0.05) is 18.0 Å². The molecule has 0 unspecified atom stereocenters. The highest BCUT2D eigenvalue weighted by Gasteiger charge is 2.06. The lowest BCUT2D eigenvalue weighted by Gasteiger charge is -2.02. The largest absolute Gasteiger partial charge is 0.298 e. The van der Waals surface area contributed by atoms with Crippen molar-refractivity contribution >= 4 is 33.8 Å². The maximum atomic E-state index is 10.5. The minimum Gasteiger partial charge on any atom is -0.298 e. The van der Waals surface area contributed by atoms with Crippen molar-refractivity contribution in [3.63, 3.8) is 0 Å². The molecular weight excluding hydrogens is 281 g/mol. The summed E-state index contributed by atoms with van der Waals surface area (Å²) in [6.45, 7) is 0. The molecule has 0 radical (unpaired) electrons. The second-order valence-electron chi connectivity index (χ2n) is 2.77. The average molecular weight is 287 g/mol. The molecule has 0 aliphatic rings. The summed E-state index contributed by atoms with van der Waals surface area (Å²) in [6.07, 6.45) is 3.87. The summed E-state index contributed by atoms with van der Waals surface area (Å²) in [6, 6.07) is 3.32. The first-order valence-electron chi connectivity index (χ1n) is 4.03. The van der Waals surface area contributed by atoms with Gasteiger partial charge in [-0.3, -0.25) is 4.79 Å². The molecule has 0 N–H and O–H groups in total. The Labute approximate surface area is 99.0 Å². The molecule has 0 aliphatic carbocycles. The zero-order chi connectivity index (χ0) is 10.8. The highest BCUT2D eigenvalue weighted by atomic mass is 79.9. The molecule has 6 heteroatoms. The molecule has 0 amide bonds. The smallest absolute Gasteiger partial charge is 0.172 e. The van der Waals surface area contributed by atoms with E-state index in [1.54, 1.807) is 18.3 Å². The Kier molecular flexibility index (Phi) is 2.83. The summed E-state index contributed by atoms with van der Waals surface area (Å²) in [7, 11) is 0. The second-order valence-corrected chi connectivity index (χ2v) is 3.99. The summed E-state index contributed by atoms with van der Waals surface area (Å²) in [5.74, 6) is 0.493. The van der Waals surface area contributed by atoms with Gasteiger partial charge >= 0.3 is 0 Å². The van der Waals surface area contributed by atoms with E-state index in [9.17, 15) is 4.79 Å². The Morgan fingerprint density at radius 3 is 2.87 bits per heavy atom. The lowest BCUT2D eigenvalue weighted by Crippen LogP contribution is -1.99. The van der Waals surface area contributed by atoms with Gasteiger partial charge in [-0.15, -0.1) is 0 Å². The molecule has 0 saturated carbocycles. The molecule has 0 saturated heterocycles. The summed E-state index contributed by atoms with van der Waals surface area (Å²) in [5, 5.41) is 4.48. The quantitative estimate of drug-likeness (QED) is 0.797. The minimum absolute atomic E-state index is 0.384. The van der Waals surface area contributed by atoms with Crippen molar-refractivity contribution < 1.29 is 4.79 Å². The number of pyridine rings is 1. The molecule has 76 valence electrons.